The molecular weight excluding hydrogens is 322 g/mol. The van der Waals surface area contributed by atoms with Gasteiger partial charge < -0.3 is 10.6 Å². The van der Waals surface area contributed by atoms with E-state index in [-0.39, 0.29) is 41.2 Å². The Kier molecular flexibility index (Phi) is 4.57. The number of nitrogens with one attached hydrogen (secondary N) is 2. The fourth-order valence-corrected chi connectivity index (χ4v) is 2.82. The van der Waals surface area contributed by atoms with Crippen molar-refractivity contribution in [1.29, 1.82) is 0 Å². The molecule has 0 spiro atoms. The summed E-state index contributed by atoms with van der Waals surface area (Å²) in [5, 5.41) is 5.47. The van der Waals surface area contributed by atoms with Crippen LogP contribution in [0.25, 0.3) is 0 Å². The molecule has 1 heterocycles. The number of fused-ring (bicyclic) bond motifs is 1. The highest BCUT2D eigenvalue weighted by Crippen LogP contribution is 2.28. The highest BCUT2D eigenvalue weighted by molar-refractivity contribution is 6.22. The number of hydrogen-bond acceptors (Lipinski definition) is 4. The Hall–Kier alpha value is -2.70. The SMILES string of the molecule is CC(C)N1C(=O)c2ccc(C(=O)NCCNC(=O)C3CC3)cc2C1=O. The van der Waals surface area contributed by atoms with E-state index < -0.39 is 0 Å². The van der Waals surface area contributed by atoms with E-state index in [2.05, 4.69) is 10.6 Å². The van der Waals surface area contributed by atoms with Crippen molar-refractivity contribution in [3.05, 3.63) is 34.9 Å². The molecule has 132 valence electrons. The van der Waals surface area contributed by atoms with Crippen molar-refractivity contribution in [3.63, 3.8) is 0 Å². The first-order chi connectivity index (χ1) is 11.9. The van der Waals surface area contributed by atoms with Crippen LogP contribution < -0.4 is 10.6 Å². The van der Waals surface area contributed by atoms with E-state index >= 15 is 0 Å². The number of hydrogen-bond donors (Lipinski definition) is 2. The summed E-state index contributed by atoms with van der Waals surface area (Å²) in [6, 6.07) is 4.27. The molecule has 0 unspecified atom stereocenters. The fraction of sp³-hybridized carbons (Fsp3) is 0.444. The topological polar surface area (TPSA) is 95.6 Å². The molecule has 3 rings (SSSR count). The lowest BCUT2D eigenvalue weighted by atomic mass is 10.1. The van der Waals surface area contributed by atoms with Crippen LogP contribution in [-0.2, 0) is 4.79 Å². The van der Waals surface area contributed by atoms with Gasteiger partial charge in [-0.3, -0.25) is 24.1 Å². The molecule has 25 heavy (non-hydrogen) atoms. The van der Waals surface area contributed by atoms with Gasteiger partial charge in [0.2, 0.25) is 5.91 Å². The minimum absolute atomic E-state index is 0.0321. The lowest BCUT2D eigenvalue weighted by Gasteiger charge is -2.17. The summed E-state index contributed by atoms with van der Waals surface area (Å²) in [5.74, 6) is -0.873. The van der Waals surface area contributed by atoms with Crippen molar-refractivity contribution in [3.8, 4) is 0 Å². The molecule has 4 amide bonds. The van der Waals surface area contributed by atoms with Crippen LogP contribution >= 0.6 is 0 Å². The monoisotopic (exact) mass is 343 g/mol. The molecule has 2 aliphatic rings. The zero-order valence-electron chi connectivity index (χ0n) is 14.3. The van der Waals surface area contributed by atoms with Crippen LogP contribution in [0.1, 0.15) is 57.8 Å². The normalized spacial score (nSPS) is 16.2. The van der Waals surface area contributed by atoms with E-state index in [1.807, 2.05) is 0 Å². The Morgan fingerprint density at radius 1 is 1.08 bits per heavy atom. The molecule has 7 heteroatoms. The summed E-state index contributed by atoms with van der Waals surface area (Å²) >= 11 is 0. The van der Waals surface area contributed by atoms with Gasteiger partial charge >= 0.3 is 0 Å². The Balaban J connectivity index is 1.60. The Bertz CT molecular complexity index is 753. The van der Waals surface area contributed by atoms with Crippen LogP contribution in [0.15, 0.2) is 18.2 Å². The van der Waals surface area contributed by atoms with Gasteiger partial charge in [-0.2, -0.15) is 0 Å². The van der Waals surface area contributed by atoms with Crippen LogP contribution in [0, 0.1) is 5.92 Å². The highest BCUT2D eigenvalue weighted by Gasteiger charge is 2.37. The van der Waals surface area contributed by atoms with Crippen molar-refractivity contribution in [2.24, 2.45) is 5.92 Å². The van der Waals surface area contributed by atoms with E-state index in [1.165, 1.54) is 23.1 Å². The summed E-state index contributed by atoms with van der Waals surface area (Å²) in [5.41, 5.74) is 0.902. The average molecular weight is 343 g/mol. The van der Waals surface area contributed by atoms with Gasteiger partial charge in [0.1, 0.15) is 0 Å². The van der Waals surface area contributed by atoms with Gasteiger partial charge in [-0.25, -0.2) is 0 Å². The maximum Gasteiger partial charge on any atom is 0.261 e. The van der Waals surface area contributed by atoms with Gasteiger partial charge in [0, 0.05) is 30.6 Å². The minimum Gasteiger partial charge on any atom is -0.354 e. The number of imide groups is 1. The van der Waals surface area contributed by atoms with E-state index in [0.29, 0.717) is 24.2 Å². The Labute approximate surface area is 145 Å². The van der Waals surface area contributed by atoms with Crippen molar-refractivity contribution in [2.45, 2.75) is 32.7 Å². The van der Waals surface area contributed by atoms with Gasteiger partial charge in [-0.1, -0.05) is 0 Å². The van der Waals surface area contributed by atoms with Gasteiger partial charge in [0.15, 0.2) is 0 Å². The second kappa shape index (κ2) is 6.66. The lowest BCUT2D eigenvalue weighted by molar-refractivity contribution is -0.122. The molecule has 0 bridgehead atoms. The number of rotatable bonds is 6. The maximum atomic E-state index is 12.4. The van der Waals surface area contributed by atoms with Crippen LogP contribution in [0.2, 0.25) is 0 Å². The Morgan fingerprint density at radius 2 is 1.72 bits per heavy atom. The van der Waals surface area contributed by atoms with Crippen LogP contribution in [0.5, 0.6) is 0 Å². The molecule has 2 N–H and O–H groups in total. The summed E-state index contributed by atoms with van der Waals surface area (Å²) in [7, 11) is 0. The smallest absolute Gasteiger partial charge is 0.261 e. The summed E-state index contributed by atoms with van der Waals surface area (Å²) in [6.07, 6.45) is 1.88. The second-order valence-corrected chi connectivity index (χ2v) is 6.66. The van der Waals surface area contributed by atoms with Gasteiger partial charge in [0.25, 0.3) is 17.7 Å². The van der Waals surface area contributed by atoms with Crippen molar-refractivity contribution < 1.29 is 19.2 Å². The lowest BCUT2D eigenvalue weighted by Crippen LogP contribution is -2.36. The largest absolute Gasteiger partial charge is 0.354 e. The van der Waals surface area contributed by atoms with Crippen molar-refractivity contribution in [1.82, 2.24) is 15.5 Å². The summed E-state index contributed by atoms with van der Waals surface area (Å²) in [4.78, 5) is 49.5. The van der Waals surface area contributed by atoms with Crippen LogP contribution in [-0.4, -0.2) is 47.7 Å². The first-order valence-corrected chi connectivity index (χ1v) is 8.48. The highest BCUT2D eigenvalue weighted by atomic mass is 16.2. The predicted octanol–water partition coefficient (Wildman–Crippen LogP) is 0.947. The third kappa shape index (κ3) is 3.40. The third-order valence-electron chi connectivity index (χ3n) is 4.35. The van der Waals surface area contributed by atoms with Crippen LogP contribution in [0.4, 0.5) is 0 Å². The average Bonchev–Trinajstić information content (AvgIpc) is 3.39. The molecule has 1 aliphatic carbocycles. The zero-order valence-corrected chi connectivity index (χ0v) is 14.3. The molecule has 1 saturated carbocycles. The quantitative estimate of drug-likeness (QED) is 0.594. The third-order valence-corrected chi connectivity index (χ3v) is 4.35. The second-order valence-electron chi connectivity index (χ2n) is 6.66. The van der Waals surface area contributed by atoms with Crippen LogP contribution in [0.3, 0.4) is 0 Å². The molecular formula is C18H21N3O4. The maximum absolute atomic E-state index is 12.4. The zero-order chi connectivity index (χ0) is 18.1. The summed E-state index contributed by atoms with van der Waals surface area (Å²) in [6.45, 7) is 4.21. The van der Waals surface area contributed by atoms with Gasteiger partial charge in [0.05, 0.1) is 11.1 Å². The number of carbonyl (C=O) groups is 4. The van der Waals surface area contributed by atoms with Crippen molar-refractivity contribution >= 4 is 23.6 Å². The molecule has 0 aromatic heterocycles. The number of carbonyl (C=O) groups excluding carboxylic acids is 4. The molecule has 1 aromatic rings. The predicted molar refractivity (Wildman–Crippen MR) is 90.1 cm³/mol. The Morgan fingerprint density at radius 3 is 2.36 bits per heavy atom. The summed E-state index contributed by atoms with van der Waals surface area (Å²) < 4.78 is 0. The number of benzene rings is 1. The molecule has 0 atom stereocenters. The first-order valence-electron chi connectivity index (χ1n) is 8.48. The molecule has 0 radical (unpaired) electrons. The van der Waals surface area contributed by atoms with Gasteiger partial charge in [-0.15, -0.1) is 0 Å². The van der Waals surface area contributed by atoms with Gasteiger partial charge in [-0.05, 0) is 44.9 Å². The fourth-order valence-electron chi connectivity index (χ4n) is 2.82. The molecule has 1 aromatic carbocycles. The number of nitrogens with zero attached hydrogens (tertiary/aromatic N) is 1. The van der Waals surface area contributed by atoms with E-state index in [0.717, 1.165) is 12.8 Å². The number of amides is 4. The molecule has 1 aliphatic heterocycles. The van der Waals surface area contributed by atoms with E-state index in [4.69, 9.17) is 0 Å². The molecule has 1 fully saturated rings. The van der Waals surface area contributed by atoms with Crippen molar-refractivity contribution in [2.75, 3.05) is 13.1 Å². The molecule has 0 saturated heterocycles. The van der Waals surface area contributed by atoms with E-state index in [9.17, 15) is 19.2 Å². The standard InChI is InChI=1S/C18H21N3O4/c1-10(2)21-17(24)13-6-5-12(9-14(13)18(21)25)16(23)20-8-7-19-15(22)11-3-4-11/h5-6,9-11H,3-4,7-8H2,1-2H3,(H,19,22)(H,20,23). The molecule has 7 nitrogen and oxygen atoms in total. The minimum atomic E-state index is -0.374. The first kappa shape index (κ1) is 17.1. The van der Waals surface area contributed by atoms with E-state index in [1.54, 1.807) is 13.8 Å².